The Morgan fingerprint density at radius 1 is 0.875 bits per heavy atom. The van der Waals surface area contributed by atoms with Crippen LogP contribution in [0, 0.1) is 0 Å². The van der Waals surface area contributed by atoms with Gasteiger partial charge in [-0.25, -0.2) is 9.97 Å². The van der Waals surface area contributed by atoms with Crippen LogP contribution in [-0.4, -0.2) is 27.6 Å². The van der Waals surface area contributed by atoms with Gasteiger partial charge in [0.2, 0.25) is 0 Å². The number of aromatic nitrogens is 3. The van der Waals surface area contributed by atoms with E-state index in [9.17, 15) is 0 Å². The third kappa shape index (κ3) is 3.46. The van der Waals surface area contributed by atoms with Gasteiger partial charge >= 0.3 is 0 Å². The molecule has 0 spiro atoms. The molecule has 0 unspecified atom stereocenters. The molecule has 5 nitrogen and oxygen atoms in total. The average Bonchev–Trinajstić information content (AvgIpc) is 3.12. The molecule has 128 valence electrons. The second kappa shape index (κ2) is 7.34. The van der Waals surface area contributed by atoms with Crippen molar-refractivity contribution in [2.45, 2.75) is 58.2 Å². The average molecular weight is 325 g/mol. The van der Waals surface area contributed by atoms with Gasteiger partial charge in [0.25, 0.3) is 0 Å². The Bertz CT molecular complexity index is 653. The Kier molecular flexibility index (Phi) is 4.78. The molecule has 0 aliphatic carbocycles. The Morgan fingerprint density at radius 3 is 2.54 bits per heavy atom. The number of fused-ring (bicyclic) bond motifs is 1. The highest BCUT2D eigenvalue weighted by Gasteiger charge is 2.15. The van der Waals surface area contributed by atoms with Gasteiger partial charge in [-0.1, -0.05) is 18.9 Å². The lowest BCUT2D eigenvalue weighted by atomic mass is 10.2. The summed E-state index contributed by atoms with van der Waals surface area (Å²) in [5.74, 6) is 2.38. The number of aryl methyl sites for hydroxylation is 1. The van der Waals surface area contributed by atoms with Crippen molar-refractivity contribution in [2.75, 3.05) is 18.0 Å². The summed E-state index contributed by atoms with van der Waals surface area (Å²) < 4.78 is 2.35. The zero-order valence-corrected chi connectivity index (χ0v) is 14.4. The largest absolute Gasteiger partial charge is 0.357 e. The number of imidazole rings is 1. The zero-order chi connectivity index (χ0) is 16.2. The minimum Gasteiger partial charge on any atom is -0.357 e. The molecule has 2 aromatic heterocycles. The van der Waals surface area contributed by atoms with Gasteiger partial charge in [-0.3, -0.25) is 0 Å². The molecule has 5 heteroatoms. The fraction of sp³-hybridized carbons (Fsp3) is 0.579. The summed E-state index contributed by atoms with van der Waals surface area (Å²) in [5, 5.41) is 3.53. The predicted octanol–water partition coefficient (Wildman–Crippen LogP) is 2.89. The Morgan fingerprint density at radius 2 is 1.75 bits per heavy atom. The number of pyridine rings is 1. The van der Waals surface area contributed by atoms with E-state index in [-0.39, 0.29) is 0 Å². The number of nitrogens with zero attached hydrogens (tertiary/aromatic N) is 4. The molecule has 0 amide bonds. The lowest BCUT2D eigenvalue weighted by molar-refractivity contribution is 0.627. The van der Waals surface area contributed by atoms with E-state index in [0.29, 0.717) is 0 Å². The van der Waals surface area contributed by atoms with Gasteiger partial charge in [0.05, 0.1) is 5.69 Å². The third-order valence-corrected chi connectivity index (χ3v) is 5.18. The smallest absolute Gasteiger partial charge is 0.128 e. The fourth-order valence-electron chi connectivity index (χ4n) is 3.81. The van der Waals surface area contributed by atoms with E-state index in [0.717, 1.165) is 45.0 Å². The van der Waals surface area contributed by atoms with Crippen molar-refractivity contribution in [1.29, 1.82) is 0 Å². The highest BCUT2D eigenvalue weighted by molar-refractivity contribution is 5.39. The molecule has 0 bridgehead atoms. The van der Waals surface area contributed by atoms with Crippen molar-refractivity contribution in [3.8, 4) is 0 Å². The first-order valence-corrected chi connectivity index (χ1v) is 9.34. The molecule has 1 N–H and O–H groups in total. The van der Waals surface area contributed by atoms with Crippen molar-refractivity contribution >= 4 is 5.82 Å². The van der Waals surface area contributed by atoms with Gasteiger partial charge in [-0.2, -0.15) is 0 Å². The molecule has 2 aliphatic rings. The molecule has 0 radical (unpaired) electrons. The minimum absolute atomic E-state index is 0.855. The summed E-state index contributed by atoms with van der Waals surface area (Å²) in [6, 6.07) is 4.39. The van der Waals surface area contributed by atoms with Crippen molar-refractivity contribution in [2.24, 2.45) is 0 Å². The monoisotopic (exact) mass is 325 g/mol. The topological polar surface area (TPSA) is 46.0 Å². The van der Waals surface area contributed by atoms with Crippen molar-refractivity contribution in [3.05, 3.63) is 41.6 Å². The first kappa shape index (κ1) is 15.6. The van der Waals surface area contributed by atoms with Crippen LogP contribution in [0.15, 0.2) is 24.5 Å². The number of nitrogens with one attached hydrogen (secondary N) is 1. The number of rotatable bonds is 5. The lowest BCUT2D eigenvalue weighted by Gasteiger charge is -2.21. The summed E-state index contributed by atoms with van der Waals surface area (Å²) in [6.45, 7) is 5.15. The third-order valence-electron chi connectivity index (χ3n) is 5.18. The molecule has 4 heterocycles. The van der Waals surface area contributed by atoms with Gasteiger partial charge < -0.3 is 14.8 Å². The van der Waals surface area contributed by atoms with Crippen LogP contribution in [-0.2, 0) is 26.1 Å². The standard InChI is InChI=1S/C19H27N5/c1-2-4-10-23(9-3-1)18-8-7-16(13-21-18)12-20-14-17-15-22-19-6-5-11-24(17)19/h7-8,13,15,20H,1-6,9-12,14H2. The second-order valence-electron chi connectivity index (χ2n) is 6.95. The quantitative estimate of drug-likeness (QED) is 0.918. The van der Waals surface area contributed by atoms with Crippen LogP contribution in [0.25, 0.3) is 0 Å². The Balaban J connectivity index is 1.30. The molecule has 2 aromatic rings. The molecular formula is C19H27N5. The molecule has 0 aromatic carbocycles. The Hall–Kier alpha value is -1.88. The first-order valence-electron chi connectivity index (χ1n) is 9.34. The molecular weight excluding hydrogens is 298 g/mol. The van der Waals surface area contributed by atoms with Crippen LogP contribution < -0.4 is 10.2 Å². The number of anilines is 1. The molecule has 24 heavy (non-hydrogen) atoms. The van der Waals surface area contributed by atoms with Gasteiger partial charge in [-0.15, -0.1) is 0 Å². The van der Waals surface area contributed by atoms with E-state index < -0.39 is 0 Å². The fourth-order valence-corrected chi connectivity index (χ4v) is 3.81. The Labute approximate surface area is 144 Å². The summed E-state index contributed by atoms with van der Waals surface area (Å²) >= 11 is 0. The van der Waals surface area contributed by atoms with Gasteiger partial charge in [-0.05, 0) is 30.9 Å². The van der Waals surface area contributed by atoms with Crippen LogP contribution in [0.1, 0.15) is 49.2 Å². The summed E-state index contributed by atoms with van der Waals surface area (Å²) in [4.78, 5) is 11.6. The maximum absolute atomic E-state index is 4.69. The molecule has 0 saturated carbocycles. The lowest BCUT2D eigenvalue weighted by Crippen LogP contribution is -2.24. The van der Waals surface area contributed by atoms with Crippen LogP contribution in [0.3, 0.4) is 0 Å². The zero-order valence-electron chi connectivity index (χ0n) is 14.4. The minimum atomic E-state index is 0.855. The van der Waals surface area contributed by atoms with Crippen LogP contribution in [0.5, 0.6) is 0 Å². The molecule has 1 fully saturated rings. The van der Waals surface area contributed by atoms with Crippen molar-refractivity contribution in [3.63, 3.8) is 0 Å². The van der Waals surface area contributed by atoms with Crippen LogP contribution >= 0.6 is 0 Å². The molecule has 4 rings (SSSR count). The van der Waals surface area contributed by atoms with Gasteiger partial charge in [0, 0.05) is 51.5 Å². The van der Waals surface area contributed by atoms with E-state index in [4.69, 9.17) is 0 Å². The number of hydrogen-bond donors (Lipinski definition) is 1. The summed E-state index contributed by atoms with van der Waals surface area (Å²) in [6.07, 6.45) is 11.7. The normalized spacial score (nSPS) is 17.8. The highest BCUT2D eigenvalue weighted by atomic mass is 15.2. The SMILES string of the molecule is c1cc(N2CCCCCC2)ncc1CNCc1cnc2n1CCC2. The van der Waals surface area contributed by atoms with E-state index in [1.807, 2.05) is 12.4 Å². The van der Waals surface area contributed by atoms with E-state index in [2.05, 4.69) is 36.9 Å². The van der Waals surface area contributed by atoms with Crippen molar-refractivity contribution in [1.82, 2.24) is 19.9 Å². The maximum atomic E-state index is 4.69. The molecule has 1 saturated heterocycles. The first-order chi connectivity index (χ1) is 11.9. The van der Waals surface area contributed by atoms with Crippen molar-refractivity contribution < 1.29 is 0 Å². The van der Waals surface area contributed by atoms with Gasteiger partial charge in [0.15, 0.2) is 0 Å². The summed E-state index contributed by atoms with van der Waals surface area (Å²) in [7, 11) is 0. The van der Waals surface area contributed by atoms with E-state index in [1.54, 1.807) is 0 Å². The maximum Gasteiger partial charge on any atom is 0.128 e. The molecule has 0 atom stereocenters. The summed E-state index contributed by atoms with van der Waals surface area (Å²) in [5.41, 5.74) is 2.55. The van der Waals surface area contributed by atoms with E-state index >= 15 is 0 Å². The highest BCUT2D eigenvalue weighted by Crippen LogP contribution is 2.18. The second-order valence-corrected chi connectivity index (χ2v) is 6.95. The van der Waals surface area contributed by atoms with Crippen LogP contribution in [0.4, 0.5) is 5.82 Å². The van der Waals surface area contributed by atoms with Crippen LogP contribution in [0.2, 0.25) is 0 Å². The molecule has 2 aliphatic heterocycles. The number of hydrogen-bond acceptors (Lipinski definition) is 4. The van der Waals surface area contributed by atoms with E-state index in [1.165, 1.54) is 49.2 Å². The van der Waals surface area contributed by atoms with Gasteiger partial charge in [0.1, 0.15) is 11.6 Å². The predicted molar refractivity (Wildman–Crippen MR) is 96.0 cm³/mol.